The van der Waals surface area contributed by atoms with E-state index in [0.29, 0.717) is 5.56 Å². The van der Waals surface area contributed by atoms with Crippen molar-refractivity contribution in [3.63, 3.8) is 0 Å². The average Bonchev–Trinajstić information content (AvgIpc) is 2.82. The van der Waals surface area contributed by atoms with Crippen LogP contribution in [0.3, 0.4) is 0 Å². The first-order valence-electron chi connectivity index (χ1n) is 10.4. The van der Waals surface area contributed by atoms with Crippen molar-refractivity contribution in [2.45, 2.75) is 17.4 Å². The number of carbonyl (C=O) groups is 2. The summed E-state index contributed by atoms with van der Waals surface area (Å²) in [7, 11) is -4.27. The van der Waals surface area contributed by atoms with Crippen molar-refractivity contribution in [2.75, 3.05) is 16.2 Å². The van der Waals surface area contributed by atoms with Gasteiger partial charge in [0.15, 0.2) is 6.10 Å². The van der Waals surface area contributed by atoms with Crippen LogP contribution in [-0.2, 0) is 21.2 Å². The third kappa shape index (κ3) is 5.14. The van der Waals surface area contributed by atoms with E-state index in [-0.39, 0.29) is 50.1 Å². The Balaban J connectivity index is 1.76. The Morgan fingerprint density at radius 2 is 1.72 bits per heavy atom. The van der Waals surface area contributed by atoms with E-state index in [1.807, 2.05) is 0 Å². The molecule has 0 fully saturated rings. The number of amides is 1. The van der Waals surface area contributed by atoms with Gasteiger partial charge in [-0.3, -0.25) is 4.79 Å². The number of benzene rings is 2. The van der Waals surface area contributed by atoms with Crippen LogP contribution in [0.25, 0.3) is 0 Å². The maximum absolute atomic E-state index is 13.6. The van der Waals surface area contributed by atoms with Gasteiger partial charge >= 0.3 is 5.97 Å². The Morgan fingerprint density at radius 3 is 2.36 bits per heavy atom. The molecule has 2 aromatic carbocycles. The van der Waals surface area contributed by atoms with Gasteiger partial charge in [0.25, 0.3) is 15.9 Å². The molecule has 0 saturated heterocycles. The number of anilines is 2. The first-order valence-corrected chi connectivity index (χ1v) is 13.0. The Hall–Kier alpha value is -2.89. The van der Waals surface area contributed by atoms with Crippen molar-refractivity contribution in [3.8, 4) is 0 Å². The smallest absolute Gasteiger partial charge is 0.332 e. The highest BCUT2D eigenvalue weighted by molar-refractivity contribution is 7.92. The molecule has 3 aromatic rings. The topological polar surface area (TPSA) is 137 Å². The predicted octanol–water partition coefficient (Wildman–Crippen LogP) is 4.11. The second-order valence-electron chi connectivity index (χ2n) is 7.97. The minimum atomic E-state index is -4.27. The molecule has 4 rings (SSSR count). The fourth-order valence-electron chi connectivity index (χ4n) is 3.84. The number of hydrogen-bond acceptors (Lipinski definition) is 6. The van der Waals surface area contributed by atoms with Gasteiger partial charge in [0.2, 0.25) is 0 Å². The molecule has 0 aliphatic carbocycles. The number of aliphatic hydroxyl groups excluding tert-OH is 1. The van der Waals surface area contributed by atoms with Crippen LogP contribution in [0.2, 0.25) is 15.1 Å². The molecule has 2 unspecified atom stereocenters. The van der Waals surface area contributed by atoms with Crippen LogP contribution in [0.5, 0.6) is 0 Å². The van der Waals surface area contributed by atoms with E-state index >= 15 is 0 Å². The highest BCUT2D eigenvalue weighted by Crippen LogP contribution is 2.35. The number of sulfonamides is 1. The van der Waals surface area contributed by atoms with Gasteiger partial charge in [-0.1, -0.05) is 53.0 Å². The van der Waals surface area contributed by atoms with Crippen molar-refractivity contribution >= 4 is 68.3 Å². The summed E-state index contributed by atoms with van der Waals surface area (Å²) in [5.41, 5.74) is 0.388. The Kier molecular flexibility index (Phi) is 7.44. The molecule has 2 atom stereocenters. The van der Waals surface area contributed by atoms with E-state index in [9.17, 15) is 28.2 Å². The standard InChI is InChI=1S/C23H18Cl3N3O6S/c24-14-3-1-4-15(10-14)36(34,35)29-11-13(20(30)23(32)33)9-12-7-8-18(27-21(12)29)28-22(31)19-16(25)5-2-6-17(19)26/h1-8,10,13,20,30H,9,11H2,(H,32,33)(H,27,28,31). The van der Waals surface area contributed by atoms with Crippen molar-refractivity contribution in [3.05, 3.63) is 80.8 Å². The molecule has 0 spiro atoms. The lowest BCUT2D eigenvalue weighted by Crippen LogP contribution is -2.46. The third-order valence-electron chi connectivity index (χ3n) is 5.59. The van der Waals surface area contributed by atoms with Gasteiger partial charge in [-0.15, -0.1) is 0 Å². The molecule has 1 aromatic heterocycles. The molecule has 3 N–H and O–H groups in total. The summed E-state index contributed by atoms with van der Waals surface area (Å²) in [6.45, 7) is -0.365. The minimum absolute atomic E-state index is 0.0123. The number of carboxylic acids is 1. The predicted molar refractivity (Wildman–Crippen MR) is 135 cm³/mol. The van der Waals surface area contributed by atoms with Gasteiger partial charge < -0.3 is 15.5 Å². The number of aromatic nitrogens is 1. The SMILES string of the molecule is O=C(Nc1ccc2c(n1)N(S(=O)(=O)c1cccc(Cl)c1)CC(C(O)C(=O)O)C2)c1c(Cl)cccc1Cl. The first-order chi connectivity index (χ1) is 17.0. The van der Waals surface area contributed by atoms with E-state index in [4.69, 9.17) is 34.8 Å². The average molecular weight is 571 g/mol. The number of halogens is 3. The van der Waals surface area contributed by atoms with Crippen LogP contribution in [0.4, 0.5) is 11.6 Å². The van der Waals surface area contributed by atoms with Gasteiger partial charge in [-0.25, -0.2) is 22.5 Å². The van der Waals surface area contributed by atoms with Crippen LogP contribution in [-0.4, -0.2) is 48.1 Å². The maximum atomic E-state index is 13.6. The van der Waals surface area contributed by atoms with E-state index in [2.05, 4.69) is 10.3 Å². The number of nitrogens with one attached hydrogen (secondary N) is 1. The fraction of sp³-hybridized carbons (Fsp3) is 0.174. The zero-order valence-electron chi connectivity index (χ0n) is 18.2. The van der Waals surface area contributed by atoms with Crippen molar-refractivity contribution in [1.29, 1.82) is 0 Å². The minimum Gasteiger partial charge on any atom is -0.479 e. The van der Waals surface area contributed by atoms with Crippen LogP contribution >= 0.6 is 34.8 Å². The largest absolute Gasteiger partial charge is 0.479 e. The molecule has 1 aliphatic heterocycles. The van der Waals surface area contributed by atoms with Crippen LogP contribution in [0.1, 0.15) is 15.9 Å². The lowest BCUT2D eigenvalue weighted by atomic mass is 9.91. The first kappa shape index (κ1) is 26.2. The molecule has 0 saturated carbocycles. The van der Waals surface area contributed by atoms with Crippen molar-refractivity contribution in [2.24, 2.45) is 5.92 Å². The number of nitrogens with zero attached hydrogens (tertiary/aromatic N) is 2. The molecule has 2 heterocycles. The van der Waals surface area contributed by atoms with Crippen LogP contribution in [0, 0.1) is 5.92 Å². The molecule has 36 heavy (non-hydrogen) atoms. The Morgan fingerprint density at radius 1 is 1.06 bits per heavy atom. The van der Waals surface area contributed by atoms with Crippen molar-refractivity contribution in [1.82, 2.24) is 4.98 Å². The number of rotatable bonds is 6. The van der Waals surface area contributed by atoms with Gasteiger partial charge in [0, 0.05) is 17.5 Å². The van der Waals surface area contributed by atoms with E-state index in [1.165, 1.54) is 48.5 Å². The summed E-state index contributed by atoms with van der Waals surface area (Å²) in [4.78, 5) is 28.4. The monoisotopic (exact) mass is 569 g/mol. The van der Waals surface area contributed by atoms with E-state index in [0.717, 1.165) is 4.31 Å². The molecular formula is C23H18Cl3N3O6S. The highest BCUT2D eigenvalue weighted by atomic mass is 35.5. The number of aliphatic hydroxyl groups is 1. The number of pyridine rings is 1. The summed E-state index contributed by atoms with van der Waals surface area (Å²) in [5.74, 6) is -3.09. The molecule has 188 valence electrons. The molecule has 1 aliphatic rings. The lowest BCUT2D eigenvalue weighted by molar-refractivity contribution is -0.149. The highest BCUT2D eigenvalue weighted by Gasteiger charge is 2.39. The number of aliphatic carboxylic acids is 1. The number of fused-ring (bicyclic) bond motifs is 1. The number of carbonyl (C=O) groups excluding carboxylic acids is 1. The van der Waals surface area contributed by atoms with Gasteiger partial charge in [0.05, 0.1) is 20.5 Å². The lowest BCUT2D eigenvalue weighted by Gasteiger charge is -2.35. The fourth-order valence-corrected chi connectivity index (χ4v) is 6.22. The molecule has 13 heteroatoms. The number of carboxylic acid groups (broad SMARTS) is 1. The molecule has 0 bridgehead atoms. The maximum Gasteiger partial charge on any atom is 0.332 e. The van der Waals surface area contributed by atoms with Gasteiger partial charge in [-0.2, -0.15) is 0 Å². The zero-order chi connectivity index (χ0) is 26.2. The quantitative estimate of drug-likeness (QED) is 0.406. The van der Waals surface area contributed by atoms with Crippen LogP contribution < -0.4 is 9.62 Å². The van der Waals surface area contributed by atoms with Gasteiger partial charge in [-0.05, 0) is 48.4 Å². The summed E-state index contributed by atoms with van der Waals surface area (Å²) in [6, 6.07) is 13.1. The molecular weight excluding hydrogens is 553 g/mol. The number of hydrogen-bond donors (Lipinski definition) is 3. The van der Waals surface area contributed by atoms with Crippen LogP contribution in [0.15, 0.2) is 59.5 Å². The van der Waals surface area contributed by atoms with E-state index in [1.54, 1.807) is 6.07 Å². The Bertz CT molecular complexity index is 1450. The van der Waals surface area contributed by atoms with Gasteiger partial charge in [0.1, 0.15) is 11.6 Å². The van der Waals surface area contributed by atoms with Crippen molar-refractivity contribution < 1.29 is 28.2 Å². The summed E-state index contributed by atoms with van der Waals surface area (Å²) < 4.78 is 28.0. The summed E-state index contributed by atoms with van der Waals surface area (Å²) >= 11 is 18.2. The normalized spacial score (nSPS) is 16.2. The molecule has 0 radical (unpaired) electrons. The Labute approximate surface area is 221 Å². The summed E-state index contributed by atoms with van der Waals surface area (Å²) in [6.07, 6.45) is -1.76. The molecule has 1 amide bonds. The molecule has 9 nitrogen and oxygen atoms in total. The third-order valence-corrected chi connectivity index (χ3v) is 8.21. The second kappa shape index (κ2) is 10.2. The zero-order valence-corrected chi connectivity index (χ0v) is 21.3. The van der Waals surface area contributed by atoms with E-state index < -0.39 is 33.9 Å². The second-order valence-corrected chi connectivity index (χ2v) is 11.1. The summed E-state index contributed by atoms with van der Waals surface area (Å²) in [5, 5.41) is 22.5.